The van der Waals surface area contributed by atoms with E-state index in [9.17, 15) is 9.50 Å². The van der Waals surface area contributed by atoms with Crippen LogP contribution >= 0.6 is 0 Å². The van der Waals surface area contributed by atoms with E-state index in [1.54, 1.807) is 12.1 Å². The third-order valence-electron chi connectivity index (χ3n) is 1.99. The highest BCUT2D eigenvalue weighted by atomic mass is 19.1. The van der Waals surface area contributed by atoms with Gasteiger partial charge in [-0.25, -0.2) is 4.39 Å². The molecule has 78 valence electrons. The Kier molecular flexibility index (Phi) is 3.71. The predicted octanol–water partition coefficient (Wildman–Crippen LogP) is 1.59. The number of aliphatic hydroxyl groups excluding tert-OH is 1. The number of hydrogen-bond donors (Lipinski definition) is 3. The molecule has 0 radical (unpaired) electrons. The molecule has 0 aliphatic heterocycles. The number of hydrogen-bond acceptors (Lipinski definition) is 3. The van der Waals surface area contributed by atoms with E-state index >= 15 is 0 Å². The first-order valence-corrected chi connectivity index (χ1v) is 4.60. The minimum Gasteiger partial charge on any atom is -0.399 e. The van der Waals surface area contributed by atoms with Gasteiger partial charge in [-0.3, -0.25) is 0 Å². The first kappa shape index (κ1) is 10.8. The molecule has 0 aliphatic carbocycles. The molecule has 0 saturated carbocycles. The van der Waals surface area contributed by atoms with E-state index in [0.29, 0.717) is 24.3 Å². The van der Waals surface area contributed by atoms with E-state index in [1.807, 2.05) is 6.92 Å². The van der Waals surface area contributed by atoms with Crippen molar-refractivity contribution in [2.75, 3.05) is 17.6 Å². The van der Waals surface area contributed by atoms with Crippen LogP contribution in [0.5, 0.6) is 0 Å². The molecule has 0 aliphatic rings. The predicted molar refractivity (Wildman–Crippen MR) is 55.6 cm³/mol. The maximum absolute atomic E-state index is 13.2. The fourth-order valence-corrected chi connectivity index (χ4v) is 1.05. The standard InChI is InChI=1S/C10H15FN2O/c1-2-8(14)6-13-10-4-3-7(12)5-9(10)11/h3-5,8,13-14H,2,6,12H2,1H3. The van der Waals surface area contributed by atoms with Gasteiger partial charge in [-0.05, 0) is 24.6 Å². The van der Waals surface area contributed by atoms with E-state index in [1.165, 1.54) is 6.07 Å². The summed E-state index contributed by atoms with van der Waals surface area (Å²) in [4.78, 5) is 0. The number of halogens is 1. The van der Waals surface area contributed by atoms with Crippen molar-refractivity contribution in [2.45, 2.75) is 19.4 Å². The van der Waals surface area contributed by atoms with Crippen LogP contribution in [-0.4, -0.2) is 17.8 Å². The van der Waals surface area contributed by atoms with Crippen LogP contribution in [-0.2, 0) is 0 Å². The molecule has 1 atom stereocenters. The molecular weight excluding hydrogens is 183 g/mol. The molecule has 1 unspecified atom stereocenters. The van der Waals surface area contributed by atoms with Crippen LogP contribution in [0.3, 0.4) is 0 Å². The zero-order valence-electron chi connectivity index (χ0n) is 8.13. The monoisotopic (exact) mass is 198 g/mol. The molecule has 3 nitrogen and oxygen atoms in total. The Labute approximate surface area is 82.7 Å². The minimum absolute atomic E-state index is 0.345. The van der Waals surface area contributed by atoms with Gasteiger partial charge in [0.05, 0.1) is 11.8 Å². The number of nitrogens with two attached hydrogens (primary N) is 1. The van der Waals surface area contributed by atoms with Crippen molar-refractivity contribution in [3.63, 3.8) is 0 Å². The second-order valence-electron chi connectivity index (χ2n) is 3.18. The van der Waals surface area contributed by atoms with E-state index in [4.69, 9.17) is 5.73 Å². The Hall–Kier alpha value is -1.29. The molecule has 4 heteroatoms. The van der Waals surface area contributed by atoms with Gasteiger partial charge in [0.25, 0.3) is 0 Å². The van der Waals surface area contributed by atoms with Crippen molar-refractivity contribution in [1.29, 1.82) is 0 Å². The number of benzene rings is 1. The Morgan fingerprint density at radius 2 is 2.29 bits per heavy atom. The quantitative estimate of drug-likeness (QED) is 0.644. The molecule has 14 heavy (non-hydrogen) atoms. The smallest absolute Gasteiger partial charge is 0.148 e. The van der Waals surface area contributed by atoms with Crippen LogP contribution in [0.2, 0.25) is 0 Å². The number of nitrogens with one attached hydrogen (secondary N) is 1. The topological polar surface area (TPSA) is 58.3 Å². The van der Waals surface area contributed by atoms with Gasteiger partial charge < -0.3 is 16.2 Å². The first-order chi connectivity index (χ1) is 6.63. The molecule has 0 aromatic heterocycles. The Morgan fingerprint density at radius 3 is 2.86 bits per heavy atom. The molecular formula is C10H15FN2O. The van der Waals surface area contributed by atoms with Gasteiger partial charge in [0.2, 0.25) is 0 Å². The lowest BCUT2D eigenvalue weighted by Gasteiger charge is -2.11. The van der Waals surface area contributed by atoms with E-state index < -0.39 is 11.9 Å². The number of anilines is 2. The SMILES string of the molecule is CCC(O)CNc1ccc(N)cc1F. The summed E-state index contributed by atoms with van der Waals surface area (Å²) in [5, 5.41) is 12.1. The highest BCUT2D eigenvalue weighted by molar-refractivity contribution is 5.52. The maximum Gasteiger partial charge on any atom is 0.148 e. The van der Waals surface area contributed by atoms with Crippen LogP contribution in [0, 0.1) is 5.82 Å². The summed E-state index contributed by atoms with van der Waals surface area (Å²) < 4.78 is 13.2. The van der Waals surface area contributed by atoms with Crippen LogP contribution < -0.4 is 11.1 Å². The molecule has 0 spiro atoms. The molecule has 1 aromatic carbocycles. The summed E-state index contributed by atoms with van der Waals surface area (Å²) in [6.07, 6.45) is 0.191. The molecule has 0 amide bonds. The van der Waals surface area contributed by atoms with Crippen molar-refractivity contribution in [3.8, 4) is 0 Å². The highest BCUT2D eigenvalue weighted by Crippen LogP contribution is 2.16. The normalized spacial score (nSPS) is 12.5. The molecule has 0 saturated heterocycles. The maximum atomic E-state index is 13.2. The van der Waals surface area contributed by atoms with Gasteiger partial charge in [-0.15, -0.1) is 0 Å². The molecule has 1 aromatic rings. The second-order valence-corrected chi connectivity index (χ2v) is 3.18. The van der Waals surface area contributed by atoms with E-state index in [2.05, 4.69) is 5.32 Å². The third-order valence-corrected chi connectivity index (χ3v) is 1.99. The molecule has 0 bridgehead atoms. The lowest BCUT2D eigenvalue weighted by molar-refractivity contribution is 0.183. The summed E-state index contributed by atoms with van der Waals surface area (Å²) in [5.41, 5.74) is 6.15. The van der Waals surface area contributed by atoms with Gasteiger partial charge >= 0.3 is 0 Å². The summed E-state index contributed by atoms with van der Waals surface area (Å²) in [5.74, 6) is -0.395. The molecule has 4 N–H and O–H groups in total. The summed E-state index contributed by atoms with van der Waals surface area (Å²) in [6.45, 7) is 2.21. The largest absolute Gasteiger partial charge is 0.399 e. The average Bonchev–Trinajstić information content (AvgIpc) is 2.16. The summed E-state index contributed by atoms with van der Waals surface area (Å²) in [6, 6.07) is 4.43. The number of rotatable bonds is 4. The zero-order chi connectivity index (χ0) is 10.6. The van der Waals surface area contributed by atoms with Crippen LogP contribution in [0.25, 0.3) is 0 Å². The Morgan fingerprint density at radius 1 is 1.57 bits per heavy atom. The van der Waals surface area contributed by atoms with Crippen molar-refractivity contribution in [1.82, 2.24) is 0 Å². The molecule has 1 rings (SSSR count). The lowest BCUT2D eigenvalue weighted by atomic mass is 10.2. The summed E-state index contributed by atoms with van der Waals surface area (Å²) >= 11 is 0. The van der Waals surface area contributed by atoms with Crippen molar-refractivity contribution >= 4 is 11.4 Å². The van der Waals surface area contributed by atoms with E-state index in [0.717, 1.165) is 0 Å². The van der Waals surface area contributed by atoms with Crippen molar-refractivity contribution < 1.29 is 9.50 Å². The van der Waals surface area contributed by atoms with Crippen LogP contribution in [0.1, 0.15) is 13.3 Å². The zero-order valence-corrected chi connectivity index (χ0v) is 8.13. The van der Waals surface area contributed by atoms with Crippen LogP contribution in [0.15, 0.2) is 18.2 Å². The number of aliphatic hydroxyl groups is 1. The first-order valence-electron chi connectivity index (χ1n) is 4.60. The van der Waals surface area contributed by atoms with Gasteiger partial charge in [0.1, 0.15) is 5.82 Å². The summed E-state index contributed by atoms with van der Waals surface area (Å²) in [7, 11) is 0. The number of nitrogen functional groups attached to an aromatic ring is 1. The lowest BCUT2D eigenvalue weighted by Crippen LogP contribution is -2.18. The van der Waals surface area contributed by atoms with Gasteiger partial charge in [-0.2, -0.15) is 0 Å². The van der Waals surface area contributed by atoms with Gasteiger partial charge in [-0.1, -0.05) is 6.92 Å². The van der Waals surface area contributed by atoms with Crippen molar-refractivity contribution in [3.05, 3.63) is 24.0 Å². The Balaban J connectivity index is 2.59. The Bertz CT molecular complexity index is 304. The fourth-order valence-electron chi connectivity index (χ4n) is 1.05. The third kappa shape index (κ3) is 2.88. The molecule has 0 heterocycles. The highest BCUT2D eigenvalue weighted by Gasteiger charge is 2.04. The van der Waals surface area contributed by atoms with Crippen molar-refractivity contribution in [2.24, 2.45) is 0 Å². The van der Waals surface area contributed by atoms with Crippen LogP contribution in [0.4, 0.5) is 15.8 Å². The fraction of sp³-hybridized carbons (Fsp3) is 0.400. The van der Waals surface area contributed by atoms with E-state index in [-0.39, 0.29) is 0 Å². The van der Waals surface area contributed by atoms with Gasteiger partial charge in [0.15, 0.2) is 0 Å². The minimum atomic E-state index is -0.452. The second kappa shape index (κ2) is 4.81. The molecule has 0 fully saturated rings. The van der Waals surface area contributed by atoms with Gasteiger partial charge in [0, 0.05) is 12.2 Å². The average molecular weight is 198 g/mol.